The highest BCUT2D eigenvalue weighted by atomic mass is 16.5. The van der Waals surface area contributed by atoms with Crippen LogP contribution in [0.2, 0.25) is 0 Å². The molecule has 0 aromatic heterocycles. The number of nitrogens with two attached hydrogens (primary N) is 1. The van der Waals surface area contributed by atoms with Gasteiger partial charge in [0, 0.05) is 23.9 Å². The number of carbonyl (C=O) groups is 1. The van der Waals surface area contributed by atoms with E-state index in [1.807, 2.05) is 12.1 Å². The van der Waals surface area contributed by atoms with Gasteiger partial charge in [-0.3, -0.25) is 4.79 Å². The van der Waals surface area contributed by atoms with Gasteiger partial charge in [0.2, 0.25) is 0 Å². The van der Waals surface area contributed by atoms with Crippen LogP contribution in [0.1, 0.15) is 36.3 Å². The summed E-state index contributed by atoms with van der Waals surface area (Å²) in [5, 5.41) is 0. The topological polar surface area (TPSA) is 61.5 Å². The summed E-state index contributed by atoms with van der Waals surface area (Å²) in [6.07, 6.45) is 3.02. The second-order valence-electron chi connectivity index (χ2n) is 4.98. The Kier molecular flexibility index (Phi) is 4.43. The van der Waals surface area contributed by atoms with Crippen LogP contribution < -0.4 is 10.5 Å². The largest absolute Gasteiger partial charge is 0.496 e. The van der Waals surface area contributed by atoms with Crippen molar-refractivity contribution in [3.05, 3.63) is 29.3 Å². The van der Waals surface area contributed by atoms with Crippen molar-refractivity contribution in [2.24, 2.45) is 5.73 Å². The lowest BCUT2D eigenvalue weighted by atomic mass is 9.92. The quantitative estimate of drug-likeness (QED) is 0.825. The van der Waals surface area contributed by atoms with Gasteiger partial charge in [0.25, 0.3) is 0 Å². The Hall–Kier alpha value is -1.55. The van der Waals surface area contributed by atoms with E-state index in [0.717, 1.165) is 25.0 Å². The van der Waals surface area contributed by atoms with Crippen molar-refractivity contribution >= 4 is 5.97 Å². The average Bonchev–Trinajstić information content (AvgIpc) is 2.74. The molecule has 104 valence electrons. The Bertz CT molecular complexity index is 459. The number of esters is 1. The van der Waals surface area contributed by atoms with E-state index in [1.54, 1.807) is 7.11 Å². The lowest BCUT2D eigenvalue weighted by Crippen LogP contribution is -2.25. The van der Waals surface area contributed by atoms with E-state index in [0.29, 0.717) is 6.42 Å². The first-order chi connectivity index (χ1) is 9.17. The minimum atomic E-state index is -0.160. The van der Waals surface area contributed by atoms with E-state index in [-0.39, 0.29) is 17.9 Å². The fourth-order valence-electron chi connectivity index (χ4n) is 2.90. The Morgan fingerprint density at radius 2 is 2.21 bits per heavy atom. The predicted molar refractivity (Wildman–Crippen MR) is 73.3 cm³/mol. The molecule has 0 radical (unpaired) electrons. The molecule has 1 aromatic rings. The van der Waals surface area contributed by atoms with Gasteiger partial charge in [-0.15, -0.1) is 0 Å². The van der Waals surface area contributed by atoms with Crippen LogP contribution in [0, 0.1) is 0 Å². The molecule has 2 N–H and O–H groups in total. The third kappa shape index (κ3) is 2.89. The molecule has 0 spiro atoms. The molecule has 0 heterocycles. The molecule has 0 aliphatic heterocycles. The fourth-order valence-corrected chi connectivity index (χ4v) is 2.90. The van der Waals surface area contributed by atoms with Gasteiger partial charge < -0.3 is 15.2 Å². The summed E-state index contributed by atoms with van der Waals surface area (Å²) < 4.78 is 10.1. The van der Waals surface area contributed by atoms with Crippen molar-refractivity contribution in [2.75, 3.05) is 14.2 Å². The summed E-state index contributed by atoms with van der Waals surface area (Å²) in [7, 11) is 3.10. The summed E-state index contributed by atoms with van der Waals surface area (Å²) in [6.45, 7) is 0. The highest BCUT2D eigenvalue weighted by molar-refractivity contribution is 5.69. The molecule has 0 bridgehead atoms. The lowest BCUT2D eigenvalue weighted by molar-refractivity contribution is -0.140. The number of carbonyl (C=O) groups excluding carboxylic acids is 1. The first-order valence-corrected chi connectivity index (χ1v) is 6.65. The molecule has 0 saturated carbocycles. The molecule has 4 nitrogen and oxygen atoms in total. The van der Waals surface area contributed by atoms with E-state index < -0.39 is 0 Å². The third-order valence-electron chi connectivity index (χ3n) is 3.84. The van der Waals surface area contributed by atoms with Crippen molar-refractivity contribution in [1.82, 2.24) is 0 Å². The second kappa shape index (κ2) is 6.06. The number of fused-ring (bicyclic) bond motifs is 1. The normalized spacial score (nSPS) is 21.0. The minimum absolute atomic E-state index is 0.115. The molecule has 1 aliphatic rings. The number of benzene rings is 1. The molecule has 0 fully saturated rings. The summed E-state index contributed by atoms with van der Waals surface area (Å²) in [5.41, 5.74) is 8.73. The van der Waals surface area contributed by atoms with Gasteiger partial charge in [0.05, 0.1) is 14.2 Å². The third-order valence-corrected chi connectivity index (χ3v) is 3.84. The molecule has 1 aromatic carbocycles. The monoisotopic (exact) mass is 263 g/mol. The number of hydrogen-bond acceptors (Lipinski definition) is 4. The van der Waals surface area contributed by atoms with Gasteiger partial charge in [-0.05, 0) is 30.9 Å². The minimum Gasteiger partial charge on any atom is -0.496 e. The number of hydrogen-bond donors (Lipinski definition) is 1. The van der Waals surface area contributed by atoms with Crippen LogP contribution in [-0.2, 0) is 16.0 Å². The van der Waals surface area contributed by atoms with Crippen LogP contribution in [-0.4, -0.2) is 26.2 Å². The van der Waals surface area contributed by atoms with Crippen molar-refractivity contribution in [1.29, 1.82) is 0 Å². The molecule has 2 atom stereocenters. The summed E-state index contributed by atoms with van der Waals surface area (Å²) in [5.74, 6) is 1.02. The molecular formula is C15H21NO3. The predicted octanol–water partition coefficient (Wildman–Crippen LogP) is 2.01. The van der Waals surface area contributed by atoms with Crippen LogP contribution in [0.25, 0.3) is 0 Å². The highest BCUT2D eigenvalue weighted by Crippen LogP contribution is 2.41. The second-order valence-corrected chi connectivity index (χ2v) is 4.98. The van der Waals surface area contributed by atoms with Gasteiger partial charge in [-0.25, -0.2) is 0 Å². The zero-order chi connectivity index (χ0) is 13.8. The zero-order valence-corrected chi connectivity index (χ0v) is 11.5. The van der Waals surface area contributed by atoms with Gasteiger partial charge in [-0.1, -0.05) is 12.1 Å². The summed E-state index contributed by atoms with van der Waals surface area (Å²) >= 11 is 0. The SMILES string of the molecule is COC(=O)CCCC1c2c(cccc2OC)CC1N. The molecule has 19 heavy (non-hydrogen) atoms. The van der Waals surface area contributed by atoms with Crippen LogP contribution in [0.4, 0.5) is 0 Å². The van der Waals surface area contributed by atoms with Gasteiger partial charge in [0.1, 0.15) is 5.75 Å². The Labute approximate surface area is 113 Å². The van der Waals surface area contributed by atoms with E-state index in [4.69, 9.17) is 10.5 Å². The molecule has 2 rings (SSSR count). The van der Waals surface area contributed by atoms with Crippen LogP contribution >= 0.6 is 0 Å². The van der Waals surface area contributed by atoms with E-state index >= 15 is 0 Å². The average molecular weight is 263 g/mol. The van der Waals surface area contributed by atoms with Gasteiger partial charge in [-0.2, -0.15) is 0 Å². The Balaban J connectivity index is 2.08. The number of ether oxygens (including phenoxy) is 2. The molecule has 1 aliphatic carbocycles. The maximum atomic E-state index is 11.2. The van der Waals surface area contributed by atoms with Crippen LogP contribution in [0.5, 0.6) is 5.75 Å². The Morgan fingerprint density at radius 3 is 2.89 bits per heavy atom. The molecule has 0 amide bonds. The molecule has 0 saturated heterocycles. The van der Waals surface area contributed by atoms with Crippen LogP contribution in [0.15, 0.2) is 18.2 Å². The van der Waals surface area contributed by atoms with Crippen molar-refractivity contribution < 1.29 is 14.3 Å². The smallest absolute Gasteiger partial charge is 0.305 e. The Morgan fingerprint density at radius 1 is 1.42 bits per heavy atom. The van der Waals surface area contributed by atoms with Crippen molar-refractivity contribution in [3.8, 4) is 5.75 Å². The van der Waals surface area contributed by atoms with Gasteiger partial charge >= 0.3 is 5.97 Å². The van der Waals surface area contributed by atoms with E-state index in [1.165, 1.54) is 18.2 Å². The summed E-state index contributed by atoms with van der Waals surface area (Å²) in [6, 6.07) is 6.20. The number of methoxy groups -OCH3 is 2. The lowest BCUT2D eigenvalue weighted by Gasteiger charge is -2.18. The maximum Gasteiger partial charge on any atom is 0.305 e. The maximum absolute atomic E-state index is 11.2. The van der Waals surface area contributed by atoms with Crippen molar-refractivity contribution in [3.63, 3.8) is 0 Å². The van der Waals surface area contributed by atoms with E-state index in [2.05, 4.69) is 10.8 Å². The summed E-state index contributed by atoms with van der Waals surface area (Å²) in [4.78, 5) is 11.2. The zero-order valence-electron chi connectivity index (χ0n) is 11.5. The fraction of sp³-hybridized carbons (Fsp3) is 0.533. The standard InChI is InChI=1S/C15H21NO3/c1-18-13-7-3-5-10-9-12(16)11(15(10)13)6-4-8-14(17)19-2/h3,5,7,11-12H,4,6,8-9,16H2,1-2H3. The van der Waals surface area contributed by atoms with Crippen LogP contribution in [0.3, 0.4) is 0 Å². The first kappa shape index (κ1) is 13.9. The highest BCUT2D eigenvalue weighted by Gasteiger charge is 2.32. The molecular weight excluding hydrogens is 242 g/mol. The van der Waals surface area contributed by atoms with E-state index in [9.17, 15) is 4.79 Å². The number of rotatable bonds is 5. The molecule has 2 unspecified atom stereocenters. The van der Waals surface area contributed by atoms with Gasteiger partial charge in [0.15, 0.2) is 0 Å². The molecule has 4 heteroatoms. The van der Waals surface area contributed by atoms with Crippen molar-refractivity contribution in [2.45, 2.75) is 37.6 Å². The first-order valence-electron chi connectivity index (χ1n) is 6.65.